The lowest BCUT2D eigenvalue weighted by molar-refractivity contribution is -0.115. The number of hydrogen-bond donors (Lipinski definition) is 2. The maximum atomic E-state index is 13.1. The first-order chi connectivity index (χ1) is 15.3. The lowest BCUT2D eigenvalue weighted by atomic mass is 10.1. The van der Waals surface area contributed by atoms with E-state index in [0.29, 0.717) is 24.5 Å². The van der Waals surface area contributed by atoms with E-state index in [9.17, 15) is 13.2 Å². The van der Waals surface area contributed by atoms with Crippen LogP contribution in [0.5, 0.6) is 5.75 Å². The van der Waals surface area contributed by atoms with Gasteiger partial charge in [0.05, 0.1) is 23.2 Å². The number of rotatable bonds is 9. The first-order valence-electron chi connectivity index (χ1n) is 11.2. The molecule has 7 nitrogen and oxygen atoms in total. The van der Waals surface area contributed by atoms with Crippen LogP contribution < -0.4 is 15.4 Å². The summed E-state index contributed by atoms with van der Waals surface area (Å²) < 4.78 is 33.5. The van der Waals surface area contributed by atoms with Crippen LogP contribution in [0.2, 0.25) is 0 Å². The molecule has 1 atom stereocenters. The van der Waals surface area contributed by atoms with E-state index in [1.165, 1.54) is 10.4 Å². The summed E-state index contributed by atoms with van der Waals surface area (Å²) in [5.74, 6) is 0.177. The summed E-state index contributed by atoms with van der Waals surface area (Å²) in [4.78, 5) is 12.8. The smallest absolute Gasteiger partial charge is 0.243 e. The fourth-order valence-corrected chi connectivity index (χ4v) is 5.22. The standard InChI is InChI=1S/C24H33N3O4S/c1-18(2)31-23-13-12-21(32(29,30)27-14-8-5-9-15-27)16-22(23)26-24(28)17-25-19(3)20-10-6-4-7-11-20/h4,6-7,10-13,16,18-19,25H,5,8-9,14-15,17H2,1-3H3,(H,26,28). The Morgan fingerprint density at radius 2 is 1.72 bits per heavy atom. The maximum absolute atomic E-state index is 13.1. The SMILES string of the molecule is CC(C)Oc1ccc(S(=O)(=O)N2CCCCC2)cc1NC(=O)CNC(C)c1ccccc1. The number of nitrogens with zero attached hydrogens (tertiary/aromatic N) is 1. The molecule has 2 aromatic carbocycles. The molecule has 1 aliphatic heterocycles. The molecule has 0 aliphatic carbocycles. The summed E-state index contributed by atoms with van der Waals surface area (Å²) in [6, 6.07) is 14.5. The van der Waals surface area contributed by atoms with Crippen molar-refractivity contribution >= 4 is 21.6 Å². The normalized spacial score (nSPS) is 16.0. The molecule has 0 spiro atoms. The Labute approximate surface area is 191 Å². The van der Waals surface area contributed by atoms with Gasteiger partial charge in [-0.1, -0.05) is 36.8 Å². The Hall–Kier alpha value is -2.42. The molecule has 32 heavy (non-hydrogen) atoms. The second-order valence-electron chi connectivity index (χ2n) is 8.35. The number of hydrogen-bond acceptors (Lipinski definition) is 5. The third-order valence-electron chi connectivity index (χ3n) is 5.41. The molecule has 0 aromatic heterocycles. The Balaban J connectivity index is 1.75. The second-order valence-corrected chi connectivity index (χ2v) is 10.3. The van der Waals surface area contributed by atoms with Crippen molar-refractivity contribution in [3.63, 3.8) is 0 Å². The van der Waals surface area contributed by atoms with E-state index >= 15 is 0 Å². The van der Waals surface area contributed by atoms with Crippen LogP contribution in [0, 0.1) is 0 Å². The predicted octanol–water partition coefficient (Wildman–Crippen LogP) is 3.94. The van der Waals surface area contributed by atoms with Crippen molar-refractivity contribution in [2.24, 2.45) is 0 Å². The zero-order valence-corrected chi connectivity index (χ0v) is 19.8. The van der Waals surface area contributed by atoms with Crippen molar-refractivity contribution in [1.82, 2.24) is 9.62 Å². The summed E-state index contributed by atoms with van der Waals surface area (Å²) in [6.45, 7) is 6.88. The van der Waals surface area contributed by atoms with Crippen LogP contribution in [0.1, 0.15) is 51.6 Å². The van der Waals surface area contributed by atoms with Crippen LogP contribution in [0.15, 0.2) is 53.4 Å². The van der Waals surface area contributed by atoms with Crippen LogP contribution in [0.4, 0.5) is 5.69 Å². The van der Waals surface area contributed by atoms with Crippen molar-refractivity contribution in [3.8, 4) is 5.75 Å². The molecule has 0 bridgehead atoms. The van der Waals surface area contributed by atoms with E-state index in [1.54, 1.807) is 12.1 Å². The average molecular weight is 460 g/mol. The van der Waals surface area contributed by atoms with E-state index < -0.39 is 10.0 Å². The molecule has 1 unspecified atom stereocenters. The van der Waals surface area contributed by atoms with E-state index in [4.69, 9.17) is 4.74 Å². The third kappa shape index (κ3) is 6.31. The van der Waals surface area contributed by atoms with Crippen LogP contribution in [0.25, 0.3) is 0 Å². The molecule has 1 amide bonds. The fourth-order valence-electron chi connectivity index (χ4n) is 3.68. The molecule has 174 valence electrons. The highest BCUT2D eigenvalue weighted by Gasteiger charge is 2.27. The molecule has 2 aromatic rings. The van der Waals surface area contributed by atoms with Gasteiger partial charge in [0.15, 0.2) is 0 Å². The van der Waals surface area contributed by atoms with Crippen LogP contribution in [-0.4, -0.2) is 44.4 Å². The maximum Gasteiger partial charge on any atom is 0.243 e. The highest BCUT2D eigenvalue weighted by molar-refractivity contribution is 7.89. The molecule has 0 radical (unpaired) electrons. The minimum Gasteiger partial charge on any atom is -0.489 e. The number of benzene rings is 2. The average Bonchev–Trinajstić information content (AvgIpc) is 2.79. The van der Waals surface area contributed by atoms with Crippen molar-refractivity contribution in [3.05, 3.63) is 54.1 Å². The molecule has 1 aliphatic rings. The topological polar surface area (TPSA) is 87.7 Å². The van der Waals surface area contributed by atoms with Gasteiger partial charge in [-0.05, 0) is 57.4 Å². The number of sulfonamides is 1. The van der Waals surface area contributed by atoms with Gasteiger partial charge < -0.3 is 15.4 Å². The fraction of sp³-hybridized carbons (Fsp3) is 0.458. The van der Waals surface area contributed by atoms with Crippen LogP contribution >= 0.6 is 0 Å². The molecule has 1 fully saturated rings. The van der Waals surface area contributed by atoms with Crippen molar-refractivity contribution in [1.29, 1.82) is 0 Å². The zero-order valence-electron chi connectivity index (χ0n) is 19.0. The molecule has 1 saturated heterocycles. The first kappa shape index (κ1) is 24.2. The second kappa shape index (κ2) is 10.9. The summed E-state index contributed by atoms with van der Waals surface area (Å²) in [5, 5.41) is 6.03. The van der Waals surface area contributed by atoms with Gasteiger partial charge in [-0.25, -0.2) is 8.42 Å². The Morgan fingerprint density at radius 3 is 2.38 bits per heavy atom. The summed E-state index contributed by atoms with van der Waals surface area (Å²) >= 11 is 0. The van der Waals surface area contributed by atoms with Gasteiger partial charge >= 0.3 is 0 Å². The molecular formula is C24H33N3O4S. The molecule has 0 saturated carbocycles. The molecule has 8 heteroatoms. The number of carbonyl (C=O) groups is 1. The molecule has 2 N–H and O–H groups in total. The number of anilines is 1. The van der Waals surface area contributed by atoms with Crippen molar-refractivity contribution in [2.45, 2.75) is 57.1 Å². The van der Waals surface area contributed by atoms with Gasteiger partial charge in [0.1, 0.15) is 5.75 Å². The van der Waals surface area contributed by atoms with Crippen LogP contribution in [0.3, 0.4) is 0 Å². The van der Waals surface area contributed by atoms with Crippen molar-refractivity contribution in [2.75, 3.05) is 25.0 Å². The van der Waals surface area contributed by atoms with E-state index in [1.807, 2.05) is 51.1 Å². The lowest BCUT2D eigenvalue weighted by Crippen LogP contribution is -2.35. The summed E-state index contributed by atoms with van der Waals surface area (Å²) in [7, 11) is -3.62. The monoisotopic (exact) mass is 459 g/mol. The predicted molar refractivity (Wildman–Crippen MR) is 126 cm³/mol. The van der Waals surface area contributed by atoms with Gasteiger partial charge in [-0.3, -0.25) is 4.79 Å². The Morgan fingerprint density at radius 1 is 1.03 bits per heavy atom. The first-order valence-corrected chi connectivity index (χ1v) is 12.6. The quantitative estimate of drug-likeness (QED) is 0.593. The van der Waals surface area contributed by atoms with Gasteiger partial charge in [-0.2, -0.15) is 4.31 Å². The highest BCUT2D eigenvalue weighted by atomic mass is 32.2. The van der Waals surface area contributed by atoms with Gasteiger partial charge in [0, 0.05) is 19.1 Å². The highest BCUT2D eigenvalue weighted by Crippen LogP contribution is 2.31. The number of amides is 1. The summed E-state index contributed by atoms with van der Waals surface area (Å²) in [6.07, 6.45) is 2.65. The van der Waals surface area contributed by atoms with Gasteiger partial charge in [0.25, 0.3) is 0 Å². The number of carbonyl (C=O) groups excluding carboxylic acids is 1. The molecule has 3 rings (SSSR count). The minimum absolute atomic E-state index is 0.000789. The lowest BCUT2D eigenvalue weighted by Gasteiger charge is -2.26. The Bertz CT molecular complexity index is 1000. The van der Waals surface area contributed by atoms with E-state index in [-0.39, 0.29) is 29.5 Å². The van der Waals surface area contributed by atoms with Crippen LogP contribution in [-0.2, 0) is 14.8 Å². The largest absolute Gasteiger partial charge is 0.489 e. The van der Waals surface area contributed by atoms with E-state index in [2.05, 4.69) is 10.6 Å². The molecule has 1 heterocycles. The van der Waals surface area contributed by atoms with Gasteiger partial charge in [-0.15, -0.1) is 0 Å². The third-order valence-corrected chi connectivity index (χ3v) is 7.30. The van der Waals surface area contributed by atoms with Gasteiger partial charge in [0.2, 0.25) is 15.9 Å². The number of nitrogens with one attached hydrogen (secondary N) is 2. The Kier molecular flexibility index (Phi) is 8.28. The van der Waals surface area contributed by atoms with E-state index in [0.717, 1.165) is 24.8 Å². The zero-order chi connectivity index (χ0) is 23.1. The summed E-state index contributed by atoms with van der Waals surface area (Å²) in [5.41, 5.74) is 1.44. The number of ether oxygens (including phenoxy) is 1. The number of piperidine rings is 1. The van der Waals surface area contributed by atoms with Crippen molar-refractivity contribution < 1.29 is 17.9 Å². The minimum atomic E-state index is -3.62. The molecular weight excluding hydrogens is 426 g/mol.